The van der Waals surface area contributed by atoms with E-state index in [4.69, 9.17) is 23.2 Å². The highest BCUT2D eigenvalue weighted by atomic mass is 35.5. The summed E-state index contributed by atoms with van der Waals surface area (Å²) < 4.78 is 27.2. The van der Waals surface area contributed by atoms with Gasteiger partial charge in [0, 0.05) is 55.0 Å². The van der Waals surface area contributed by atoms with E-state index in [2.05, 4.69) is 14.5 Å². The maximum Gasteiger partial charge on any atom is 0.240 e. The Morgan fingerprint density at radius 1 is 0.923 bits per heavy atom. The molecule has 3 rings (SSSR count). The monoisotopic (exact) mass is 413 g/mol. The Balaban J connectivity index is 1.46. The van der Waals surface area contributed by atoms with Crippen molar-refractivity contribution in [3.8, 4) is 0 Å². The first-order chi connectivity index (χ1) is 12.4. The molecular weight excluding hydrogens is 393 g/mol. The molecule has 0 aromatic heterocycles. The fourth-order valence-corrected chi connectivity index (χ4v) is 4.38. The van der Waals surface area contributed by atoms with Gasteiger partial charge in [0.25, 0.3) is 0 Å². The molecule has 1 heterocycles. The lowest BCUT2D eigenvalue weighted by Gasteiger charge is -2.36. The number of benzene rings is 2. The van der Waals surface area contributed by atoms with E-state index in [1.54, 1.807) is 18.2 Å². The van der Waals surface area contributed by atoms with Crippen LogP contribution in [0.15, 0.2) is 53.4 Å². The maximum atomic E-state index is 12.3. The quantitative estimate of drug-likeness (QED) is 0.790. The molecule has 0 spiro atoms. The Labute approximate surface area is 164 Å². The largest absolute Gasteiger partial charge is 0.369 e. The number of nitrogens with one attached hydrogen (secondary N) is 1. The zero-order chi connectivity index (χ0) is 18.6. The molecule has 0 aliphatic carbocycles. The van der Waals surface area contributed by atoms with E-state index < -0.39 is 10.0 Å². The molecule has 0 saturated carbocycles. The highest BCUT2D eigenvalue weighted by Crippen LogP contribution is 2.19. The van der Waals surface area contributed by atoms with E-state index in [0.29, 0.717) is 18.1 Å². The third-order valence-corrected chi connectivity index (χ3v) is 6.34. The molecule has 0 atom stereocenters. The number of sulfonamides is 1. The molecule has 1 aliphatic heterocycles. The van der Waals surface area contributed by atoms with Crippen LogP contribution in [0.5, 0.6) is 0 Å². The van der Waals surface area contributed by atoms with Gasteiger partial charge in [-0.15, -0.1) is 0 Å². The molecule has 0 bridgehead atoms. The second-order valence-electron chi connectivity index (χ2n) is 6.16. The van der Waals surface area contributed by atoms with Crippen molar-refractivity contribution in [3.63, 3.8) is 0 Å². The van der Waals surface area contributed by atoms with Crippen molar-refractivity contribution in [2.24, 2.45) is 0 Å². The van der Waals surface area contributed by atoms with Crippen molar-refractivity contribution >= 4 is 38.9 Å². The summed E-state index contributed by atoms with van der Waals surface area (Å²) in [5, 5.41) is 1.14. The molecule has 1 fully saturated rings. The van der Waals surface area contributed by atoms with Gasteiger partial charge in [-0.2, -0.15) is 0 Å². The van der Waals surface area contributed by atoms with Crippen LogP contribution >= 0.6 is 23.2 Å². The minimum atomic E-state index is -3.53. The Morgan fingerprint density at radius 2 is 1.62 bits per heavy atom. The summed E-state index contributed by atoms with van der Waals surface area (Å²) in [5.74, 6) is 0. The first-order valence-corrected chi connectivity index (χ1v) is 10.7. The molecule has 8 heteroatoms. The zero-order valence-corrected chi connectivity index (χ0v) is 16.6. The highest BCUT2D eigenvalue weighted by Gasteiger charge is 2.18. The van der Waals surface area contributed by atoms with Gasteiger partial charge in [-0.3, -0.25) is 4.90 Å². The first kappa shape index (κ1) is 19.5. The summed E-state index contributed by atoms with van der Waals surface area (Å²) in [6, 6.07) is 14.1. The average molecular weight is 414 g/mol. The topological polar surface area (TPSA) is 52.7 Å². The summed E-state index contributed by atoms with van der Waals surface area (Å²) in [4.78, 5) is 4.76. The number of hydrogen-bond donors (Lipinski definition) is 1. The Kier molecular flexibility index (Phi) is 6.42. The van der Waals surface area contributed by atoms with Crippen LogP contribution in [-0.2, 0) is 10.0 Å². The number of piperazine rings is 1. The summed E-state index contributed by atoms with van der Waals surface area (Å²) in [5.41, 5.74) is 1.16. The predicted molar refractivity (Wildman–Crippen MR) is 107 cm³/mol. The van der Waals surface area contributed by atoms with Crippen LogP contribution in [0.2, 0.25) is 10.0 Å². The van der Waals surface area contributed by atoms with Crippen molar-refractivity contribution in [1.82, 2.24) is 9.62 Å². The lowest BCUT2D eigenvalue weighted by Crippen LogP contribution is -2.48. The Morgan fingerprint density at radius 3 is 2.27 bits per heavy atom. The second-order valence-corrected chi connectivity index (χ2v) is 8.80. The van der Waals surface area contributed by atoms with Gasteiger partial charge in [0.2, 0.25) is 10.0 Å². The van der Waals surface area contributed by atoms with Crippen LogP contribution in [-0.4, -0.2) is 52.6 Å². The molecule has 0 unspecified atom stereocenters. The van der Waals surface area contributed by atoms with Crippen LogP contribution in [0.25, 0.3) is 0 Å². The third-order valence-electron chi connectivity index (χ3n) is 4.39. The molecule has 0 radical (unpaired) electrons. The molecule has 26 heavy (non-hydrogen) atoms. The van der Waals surface area contributed by atoms with Gasteiger partial charge >= 0.3 is 0 Å². The Bertz CT molecular complexity index is 836. The second kappa shape index (κ2) is 8.59. The molecule has 1 N–H and O–H groups in total. The van der Waals surface area contributed by atoms with Gasteiger partial charge in [-0.05, 0) is 42.5 Å². The van der Waals surface area contributed by atoms with Crippen molar-refractivity contribution < 1.29 is 8.42 Å². The minimum absolute atomic E-state index is 0.192. The average Bonchev–Trinajstić information content (AvgIpc) is 2.63. The maximum absolute atomic E-state index is 12.3. The van der Waals surface area contributed by atoms with E-state index in [-0.39, 0.29) is 4.90 Å². The minimum Gasteiger partial charge on any atom is -0.369 e. The smallest absolute Gasteiger partial charge is 0.240 e. The predicted octanol–water partition coefficient (Wildman–Crippen LogP) is 3.09. The third kappa shape index (κ3) is 5.11. The van der Waals surface area contributed by atoms with Gasteiger partial charge in [-0.1, -0.05) is 29.3 Å². The number of halogens is 2. The lowest BCUT2D eigenvalue weighted by atomic mass is 10.2. The molecular formula is C18H21Cl2N3O2S. The standard InChI is InChI=1S/C18H21Cl2N3O2S/c19-15-4-6-17(7-5-15)23-12-10-22(11-13-23)9-8-21-26(24,25)18-3-1-2-16(20)14-18/h1-7,14,21H,8-13H2. The van der Waals surface area contributed by atoms with Gasteiger partial charge < -0.3 is 4.90 Å². The summed E-state index contributed by atoms with van der Waals surface area (Å²) in [7, 11) is -3.53. The fourth-order valence-electron chi connectivity index (χ4n) is 2.94. The van der Waals surface area contributed by atoms with Crippen LogP contribution in [0.3, 0.4) is 0 Å². The molecule has 1 aliphatic rings. The molecule has 0 amide bonds. The highest BCUT2D eigenvalue weighted by molar-refractivity contribution is 7.89. The molecule has 5 nitrogen and oxygen atoms in total. The summed E-state index contributed by atoms with van der Waals surface area (Å²) in [6.45, 7) is 4.64. The summed E-state index contributed by atoms with van der Waals surface area (Å²) >= 11 is 11.8. The van der Waals surface area contributed by atoms with Crippen molar-refractivity contribution in [3.05, 3.63) is 58.6 Å². The van der Waals surface area contributed by atoms with E-state index in [1.807, 2.05) is 24.3 Å². The van der Waals surface area contributed by atoms with E-state index in [9.17, 15) is 8.42 Å². The number of anilines is 1. The van der Waals surface area contributed by atoms with Crippen molar-refractivity contribution in [2.75, 3.05) is 44.2 Å². The Hall–Kier alpha value is -1.31. The number of nitrogens with zero attached hydrogens (tertiary/aromatic N) is 2. The molecule has 2 aromatic rings. The van der Waals surface area contributed by atoms with Gasteiger partial charge in [0.15, 0.2) is 0 Å². The lowest BCUT2D eigenvalue weighted by molar-refractivity contribution is 0.262. The van der Waals surface area contributed by atoms with E-state index >= 15 is 0 Å². The van der Waals surface area contributed by atoms with Crippen LogP contribution < -0.4 is 9.62 Å². The fraction of sp³-hybridized carbons (Fsp3) is 0.333. The van der Waals surface area contributed by atoms with Crippen molar-refractivity contribution in [2.45, 2.75) is 4.90 Å². The van der Waals surface area contributed by atoms with Gasteiger partial charge in [0.05, 0.1) is 4.90 Å². The van der Waals surface area contributed by atoms with Gasteiger partial charge in [0.1, 0.15) is 0 Å². The molecule has 2 aromatic carbocycles. The van der Waals surface area contributed by atoms with E-state index in [1.165, 1.54) is 6.07 Å². The van der Waals surface area contributed by atoms with Crippen molar-refractivity contribution in [1.29, 1.82) is 0 Å². The van der Waals surface area contributed by atoms with Gasteiger partial charge in [-0.25, -0.2) is 13.1 Å². The SMILES string of the molecule is O=S(=O)(NCCN1CCN(c2ccc(Cl)cc2)CC1)c1cccc(Cl)c1. The zero-order valence-electron chi connectivity index (χ0n) is 14.2. The van der Waals surface area contributed by atoms with Crippen LogP contribution in [0.1, 0.15) is 0 Å². The van der Waals surface area contributed by atoms with Crippen LogP contribution in [0, 0.1) is 0 Å². The molecule has 140 valence electrons. The normalized spacial score (nSPS) is 16.0. The molecule has 1 saturated heterocycles. The first-order valence-electron chi connectivity index (χ1n) is 8.42. The van der Waals surface area contributed by atoms with E-state index in [0.717, 1.165) is 36.9 Å². The van der Waals surface area contributed by atoms with Crippen LogP contribution in [0.4, 0.5) is 5.69 Å². The number of rotatable bonds is 6. The summed E-state index contributed by atoms with van der Waals surface area (Å²) in [6.07, 6.45) is 0. The number of hydrogen-bond acceptors (Lipinski definition) is 4.